The van der Waals surface area contributed by atoms with E-state index in [1.165, 1.54) is 4.31 Å². The van der Waals surface area contributed by atoms with Gasteiger partial charge in [-0.1, -0.05) is 0 Å². The standard InChI is InChI=1S/C14H24N2O3S/c1-9-7-13(15)12(4)14(11(9)3)20(17,18)16(5)10(2)8-19-6/h7,10H,8,15H2,1-6H3. The van der Waals surface area contributed by atoms with Crippen molar-refractivity contribution < 1.29 is 13.2 Å². The number of benzene rings is 1. The number of likely N-dealkylation sites (N-methyl/N-ethyl adjacent to an activating group) is 1. The third-order valence-corrected chi connectivity index (χ3v) is 5.99. The number of ether oxygens (including phenoxy) is 1. The summed E-state index contributed by atoms with van der Waals surface area (Å²) in [4.78, 5) is 0.306. The number of sulfonamides is 1. The first-order chi connectivity index (χ1) is 9.14. The Labute approximate surface area is 121 Å². The second-order valence-corrected chi connectivity index (χ2v) is 7.12. The lowest BCUT2D eigenvalue weighted by molar-refractivity contribution is 0.149. The first-order valence-electron chi connectivity index (χ1n) is 6.47. The molecule has 1 aromatic rings. The van der Waals surface area contributed by atoms with Gasteiger partial charge in [0.25, 0.3) is 0 Å². The Hall–Kier alpha value is -1.11. The first kappa shape index (κ1) is 16.9. The molecule has 0 aliphatic rings. The fourth-order valence-electron chi connectivity index (χ4n) is 2.16. The Morgan fingerprint density at radius 1 is 1.30 bits per heavy atom. The average molecular weight is 300 g/mol. The van der Waals surface area contributed by atoms with E-state index < -0.39 is 10.0 Å². The highest BCUT2D eigenvalue weighted by atomic mass is 32.2. The molecular formula is C14H24N2O3S. The first-order valence-corrected chi connectivity index (χ1v) is 7.91. The summed E-state index contributed by atoms with van der Waals surface area (Å²) < 4.78 is 32.0. The van der Waals surface area contributed by atoms with Gasteiger partial charge >= 0.3 is 0 Å². The topological polar surface area (TPSA) is 72.6 Å². The monoisotopic (exact) mass is 300 g/mol. The van der Waals surface area contributed by atoms with E-state index in [1.54, 1.807) is 21.1 Å². The van der Waals surface area contributed by atoms with E-state index >= 15 is 0 Å². The van der Waals surface area contributed by atoms with Gasteiger partial charge in [0.1, 0.15) is 0 Å². The van der Waals surface area contributed by atoms with Crippen molar-refractivity contribution in [1.82, 2.24) is 4.31 Å². The largest absolute Gasteiger partial charge is 0.398 e. The highest BCUT2D eigenvalue weighted by Gasteiger charge is 2.29. The molecule has 0 spiro atoms. The molecule has 1 rings (SSSR count). The second-order valence-electron chi connectivity index (χ2n) is 5.19. The minimum atomic E-state index is -3.59. The molecule has 5 nitrogen and oxygen atoms in total. The van der Waals surface area contributed by atoms with Gasteiger partial charge < -0.3 is 10.5 Å². The maximum Gasteiger partial charge on any atom is 0.243 e. The van der Waals surface area contributed by atoms with Crippen LogP contribution in [0.15, 0.2) is 11.0 Å². The van der Waals surface area contributed by atoms with E-state index in [9.17, 15) is 8.42 Å². The van der Waals surface area contributed by atoms with Gasteiger partial charge in [-0.05, 0) is 50.5 Å². The van der Waals surface area contributed by atoms with E-state index in [0.717, 1.165) is 11.1 Å². The number of nitrogen functional groups attached to an aromatic ring is 1. The average Bonchev–Trinajstić information content (AvgIpc) is 2.35. The number of nitrogens with zero attached hydrogens (tertiary/aromatic N) is 1. The van der Waals surface area contributed by atoms with E-state index in [4.69, 9.17) is 10.5 Å². The minimum absolute atomic E-state index is 0.245. The lowest BCUT2D eigenvalue weighted by Gasteiger charge is -2.26. The normalized spacial score (nSPS) is 13.8. The van der Waals surface area contributed by atoms with Crippen molar-refractivity contribution in [3.63, 3.8) is 0 Å². The van der Waals surface area contributed by atoms with Crippen LogP contribution in [0.5, 0.6) is 0 Å². The predicted octanol–water partition coefficient (Wildman–Crippen LogP) is 1.85. The Balaban J connectivity index is 3.43. The molecule has 0 radical (unpaired) electrons. The summed E-state index contributed by atoms with van der Waals surface area (Å²) in [5.74, 6) is 0. The molecule has 1 unspecified atom stereocenters. The fourth-order valence-corrected chi connectivity index (χ4v) is 4.03. The lowest BCUT2D eigenvalue weighted by atomic mass is 10.1. The molecular weight excluding hydrogens is 276 g/mol. The van der Waals surface area contributed by atoms with E-state index in [2.05, 4.69) is 0 Å². The van der Waals surface area contributed by atoms with Gasteiger partial charge in [0, 0.05) is 25.9 Å². The number of hydrogen-bond donors (Lipinski definition) is 1. The van der Waals surface area contributed by atoms with Gasteiger partial charge in [-0.15, -0.1) is 0 Å². The molecule has 0 heterocycles. The summed E-state index contributed by atoms with van der Waals surface area (Å²) in [7, 11) is -0.474. The van der Waals surface area contributed by atoms with Gasteiger partial charge in [0.05, 0.1) is 11.5 Å². The van der Waals surface area contributed by atoms with Crippen LogP contribution in [0.3, 0.4) is 0 Å². The summed E-state index contributed by atoms with van der Waals surface area (Å²) in [6.45, 7) is 7.57. The molecule has 0 saturated heterocycles. The Morgan fingerprint density at radius 2 is 1.85 bits per heavy atom. The molecule has 0 aliphatic carbocycles. The van der Waals surface area contributed by atoms with Crippen LogP contribution in [0.1, 0.15) is 23.6 Å². The zero-order valence-electron chi connectivity index (χ0n) is 13.0. The summed E-state index contributed by atoms with van der Waals surface area (Å²) in [5.41, 5.74) is 8.63. The minimum Gasteiger partial charge on any atom is -0.398 e. The highest BCUT2D eigenvalue weighted by Crippen LogP contribution is 2.30. The van der Waals surface area contributed by atoms with Crippen LogP contribution in [0, 0.1) is 20.8 Å². The van der Waals surface area contributed by atoms with Gasteiger partial charge in [-0.25, -0.2) is 8.42 Å². The van der Waals surface area contributed by atoms with E-state index in [1.807, 2.05) is 26.8 Å². The van der Waals surface area contributed by atoms with Gasteiger partial charge in [-0.3, -0.25) is 0 Å². The Kier molecular flexibility index (Phi) is 5.18. The van der Waals surface area contributed by atoms with Crippen molar-refractivity contribution in [2.75, 3.05) is 26.5 Å². The molecule has 0 saturated carbocycles. The van der Waals surface area contributed by atoms with Crippen molar-refractivity contribution >= 4 is 15.7 Å². The third kappa shape index (κ3) is 2.97. The quantitative estimate of drug-likeness (QED) is 0.842. The number of methoxy groups -OCH3 is 1. The van der Waals surface area contributed by atoms with Crippen LogP contribution in [-0.2, 0) is 14.8 Å². The van der Waals surface area contributed by atoms with Gasteiger partial charge in [0.15, 0.2) is 0 Å². The van der Waals surface area contributed by atoms with Gasteiger partial charge in [0.2, 0.25) is 10.0 Å². The lowest BCUT2D eigenvalue weighted by Crippen LogP contribution is -2.38. The summed E-state index contributed by atoms with van der Waals surface area (Å²) in [6, 6.07) is 1.56. The molecule has 20 heavy (non-hydrogen) atoms. The molecule has 0 bridgehead atoms. The molecule has 114 valence electrons. The number of nitrogens with two attached hydrogens (primary N) is 1. The van der Waals surface area contributed by atoms with E-state index in [0.29, 0.717) is 22.8 Å². The van der Waals surface area contributed by atoms with E-state index in [-0.39, 0.29) is 6.04 Å². The predicted molar refractivity (Wildman–Crippen MR) is 81.4 cm³/mol. The maximum atomic E-state index is 12.8. The molecule has 1 aromatic carbocycles. The number of rotatable bonds is 5. The van der Waals surface area contributed by atoms with Crippen molar-refractivity contribution in [1.29, 1.82) is 0 Å². The molecule has 0 fully saturated rings. The van der Waals surface area contributed by atoms with Crippen molar-refractivity contribution in [2.45, 2.75) is 38.6 Å². The molecule has 2 N–H and O–H groups in total. The molecule has 1 atom stereocenters. The van der Waals surface area contributed by atoms with Crippen LogP contribution >= 0.6 is 0 Å². The number of aryl methyl sites for hydroxylation is 1. The highest BCUT2D eigenvalue weighted by molar-refractivity contribution is 7.89. The Morgan fingerprint density at radius 3 is 2.35 bits per heavy atom. The summed E-state index contributed by atoms with van der Waals surface area (Å²) in [6.07, 6.45) is 0. The van der Waals surface area contributed by atoms with Crippen LogP contribution < -0.4 is 5.73 Å². The van der Waals surface area contributed by atoms with Crippen LogP contribution in [-0.4, -0.2) is 39.5 Å². The van der Waals surface area contributed by atoms with Gasteiger partial charge in [-0.2, -0.15) is 4.31 Å². The number of hydrogen-bond acceptors (Lipinski definition) is 4. The Bertz CT molecular complexity index is 571. The smallest absolute Gasteiger partial charge is 0.243 e. The molecule has 0 aliphatic heterocycles. The third-order valence-electron chi connectivity index (χ3n) is 3.74. The van der Waals surface area contributed by atoms with Crippen molar-refractivity contribution in [2.24, 2.45) is 0 Å². The zero-order valence-corrected chi connectivity index (χ0v) is 13.8. The van der Waals surface area contributed by atoms with Crippen LogP contribution in [0.2, 0.25) is 0 Å². The summed E-state index contributed by atoms with van der Waals surface area (Å²) >= 11 is 0. The van der Waals surface area contributed by atoms with Crippen molar-refractivity contribution in [3.8, 4) is 0 Å². The molecule has 6 heteroatoms. The van der Waals surface area contributed by atoms with Crippen LogP contribution in [0.25, 0.3) is 0 Å². The number of anilines is 1. The summed E-state index contributed by atoms with van der Waals surface area (Å²) in [5, 5.41) is 0. The maximum absolute atomic E-state index is 12.8. The molecule has 0 amide bonds. The second kappa shape index (κ2) is 6.11. The SMILES string of the molecule is COCC(C)N(C)S(=O)(=O)c1c(C)c(C)cc(N)c1C. The molecule has 0 aromatic heterocycles. The zero-order chi connectivity index (χ0) is 15.7. The van der Waals surface area contributed by atoms with Crippen LogP contribution in [0.4, 0.5) is 5.69 Å². The van der Waals surface area contributed by atoms with Crippen molar-refractivity contribution in [3.05, 3.63) is 22.8 Å². The fraction of sp³-hybridized carbons (Fsp3) is 0.571.